The lowest BCUT2D eigenvalue weighted by Crippen LogP contribution is -1.96. The summed E-state index contributed by atoms with van der Waals surface area (Å²) in [5, 5.41) is 1.15. The van der Waals surface area contributed by atoms with Crippen molar-refractivity contribution in [1.29, 1.82) is 0 Å². The molecule has 2 nitrogen and oxygen atoms in total. The number of benzene rings is 1. The molecule has 0 aliphatic carbocycles. The fourth-order valence-electron chi connectivity index (χ4n) is 1.45. The molecule has 1 aromatic carbocycles. The molecule has 0 amide bonds. The van der Waals surface area contributed by atoms with Gasteiger partial charge in [0.2, 0.25) is 0 Å². The molecule has 2 aromatic rings. The van der Waals surface area contributed by atoms with Gasteiger partial charge in [0, 0.05) is 17.5 Å². The minimum Gasteiger partial charge on any atom is -0.238 e. The van der Waals surface area contributed by atoms with Gasteiger partial charge in [-0.25, -0.2) is 9.97 Å². The Hall–Kier alpha value is -1.44. The minimum atomic E-state index is 0.895. The smallest absolute Gasteiger partial charge is 0.129 e. The van der Waals surface area contributed by atoms with Crippen LogP contribution in [0.25, 0.3) is 10.9 Å². The molecular weight excluding hydrogens is 160 g/mol. The van der Waals surface area contributed by atoms with Crippen molar-refractivity contribution in [3.63, 3.8) is 0 Å². The Kier molecular flexibility index (Phi) is 1.97. The van der Waals surface area contributed by atoms with Gasteiger partial charge >= 0.3 is 0 Å². The van der Waals surface area contributed by atoms with Gasteiger partial charge in [-0.3, -0.25) is 0 Å². The predicted molar refractivity (Wildman–Crippen MR) is 53.7 cm³/mol. The number of fused-ring (bicyclic) bond motifs is 1. The van der Waals surface area contributed by atoms with E-state index in [9.17, 15) is 0 Å². The highest BCUT2D eigenvalue weighted by Crippen LogP contribution is 2.14. The third-order valence-electron chi connectivity index (χ3n) is 2.16. The summed E-state index contributed by atoms with van der Waals surface area (Å²) in [5.74, 6) is 0.927. The topological polar surface area (TPSA) is 25.8 Å². The zero-order valence-electron chi connectivity index (χ0n) is 7.91. The lowest BCUT2D eigenvalue weighted by molar-refractivity contribution is 0.941. The summed E-state index contributed by atoms with van der Waals surface area (Å²) >= 11 is 0. The van der Waals surface area contributed by atoms with Gasteiger partial charge in [-0.1, -0.05) is 25.1 Å². The zero-order chi connectivity index (χ0) is 9.26. The van der Waals surface area contributed by atoms with E-state index in [1.54, 1.807) is 0 Å². The van der Waals surface area contributed by atoms with Crippen LogP contribution in [0.15, 0.2) is 24.3 Å². The van der Waals surface area contributed by atoms with Gasteiger partial charge in [-0.05, 0) is 13.0 Å². The van der Waals surface area contributed by atoms with Crippen LogP contribution in [0.3, 0.4) is 0 Å². The second kappa shape index (κ2) is 3.13. The molecule has 0 aliphatic rings. The van der Waals surface area contributed by atoms with Crippen molar-refractivity contribution in [2.24, 2.45) is 0 Å². The van der Waals surface area contributed by atoms with Crippen molar-refractivity contribution < 1.29 is 0 Å². The molecule has 66 valence electrons. The maximum absolute atomic E-state index is 4.44. The van der Waals surface area contributed by atoms with Crippen LogP contribution in [0.2, 0.25) is 0 Å². The predicted octanol–water partition coefficient (Wildman–Crippen LogP) is 2.50. The molecule has 0 radical (unpaired) electrons. The molecule has 0 aliphatic heterocycles. The summed E-state index contributed by atoms with van der Waals surface area (Å²) in [4.78, 5) is 8.85. The molecule has 0 fully saturated rings. The molecule has 2 heteroatoms. The van der Waals surface area contributed by atoms with Crippen molar-refractivity contribution in [3.8, 4) is 0 Å². The Morgan fingerprint density at radius 2 is 1.92 bits per heavy atom. The number of hydrogen-bond donors (Lipinski definition) is 0. The molecule has 0 unspecified atom stereocenters. The van der Waals surface area contributed by atoms with E-state index in [4.69, 9.17) is 0 Å². The first-order chi connectivity index (χ1) is 6.31. The van der Waals surface area contributed by atoms with E-state index in [1.165, 1.54) is 0 Å². The zero-order valence-corrected chi connectivity index (χ0v) is 7.91. The van der Waals surface area contributed by atoms with Gasteiger partial charge in [0.15, 0.2) is 0 Å². The number of aromatic nitrogens is 2. The highest BCUT2D eigenvalue weighted by Gasteiger charge is 2.00. The van der Waals surface area contributed by atoms with Crippen LogP contribution in [-0.4, -0.2) is 9.97 Å². The van der Waals surface area contributed by atoms with Gasteiger partial charge in [0.1, 0.15) is 5.82 Å². The summed E-state index contributed by atoms with van der Waals surface area (Å²) in [7, 11) is 0. The number of aryl methyl sites for hydroxylation is 2. The first-order valence-corrected chi connectivity index (χ1v) is 4.53. The molecule has 0 atom stereocenters. The normalized spacial score (nSPS) is 10.6. The Bertz CT molecular complexity index is 435. The number of para-hydroxylation sites is 1. The minimum absolute atomic E-state index is 0.895. The Balaban J connectivity index is 2.77. The first-order valence-electron chi connectivity index (χ1n) is 4.53. The van der Waals surface area contributed by atoms with Gasteiger partial charge in [-0.2, -0.15) is 0 Å². The van der Waals surface area contributed by atoms with E-state index < -0.39 is 0 Å². The van der Waals surface area contributed by atoms with Crippen LogP contribution >= 0.6 is 0 Å². The number of rotatable bonds is 1. The molecule has 0 N–H and O–H groups in total. The van der Waals surface area contributed by atoms with Crippen molar-refractivity contribution in [2.75, 3.05) is 0 Å². The largest absolute Gasteiger partial charge is 0.238 e. The molecule has 2 rings (SSSR count). The van der Waals surface area contributed by atoms with Crippen molar-refractivity contribution >= 4 is 10.9 Å². The SMILES string of the molecule is CCc1nc(C)c2ccccc2n1. The highest BCUT2D eigenvalue weighted by molar-refractivity contribution is 5.80. The summed E-state index contributed by atoms with van der Waals surface area (Å²) in [6.45, 7) is 4.10. The molecule has 0 saturated heterocycles. The second-order valence-corrected chi connectivity index (χ2v) is 3.10. The molecular formula is C11H12N2. The Labute approximate surface area is 77.6 Å². The molecule has 1 heterocycles. The summed E-state index contributed by atoms with van der Waals surface area (Å²) in [6, 6.07) is 8.12. The maximum atomic E-state index is 4.44. The summed E-state index contributed by atoms with van der Waals surface area (Å²) in [5.41, 5.74) is 2.12. The second-order valence-electron chi connectivity index (χ2n) is 3.10. The van der Waals surface area contributed by atoms with Crippen molar-refractivity contribution in [1.82, 2.24) is 9.97 Å². The number of hydrogen-bond acceptors (Lipinski definition) is 2. The van der Waals surface area contributed by atoms with Crippen molar-refractivity contribution in [2.45, 2.75) is 20.3 Å². The molecule has 0 spiro atoms. The average molecular weight is 172 g/mol. The van der Waals surface area contributed by atoms with E-state index in [0.717, 1.165) is 28.8 Å². The van der Waals surface area contributed by atoms with Crippen molar-refractivity contribution in [3.05, 3.63) is 35.8 Å². The van der Waals surface area contributed by atoms with Crippen LogP contribution in [0.1, 0.15) is 18.4 Å². The lowest BCUT2D eigenvalue weighted by atomic mass is 10.2. The average Bonchev–Trinajstić information content (AvgIpc) is 2.18. The van der Waals surface area contributed by atoms with E-state index in [2.05, 4.69) is 23.0 Å². The third-order valence-corrected chi connectivity index (χ3v) is 2.16. The van der Waals surface area contributed by atoms with E-state index in [1.807, 2.05) is 25.1 Å². The first kappa shape index (κ1) is 8.17. The van der Waals surface area contributed by atoms with Crippen LogP contribution in [-0.2, 0) is 6.42 Å². The van der Waals surface area contributed by atoms with E-state index in [-0.39, 0.29) is 0 Å². The maximum Gasteiger partial charge on any atom is 0.129 e. The Morgan fingerprint density at radius 1 is 1.15 bits per heavy atom. The molecule has 0 bridgehead atoms. The summed E-state index contributed by atoms with van der Waals surface area (Å²) in [6.07, 6.45) is 0.895. The fourth-order valence-corrected chi connectivity index (χ4v) is 1.45. The standard InChI is InChI=1S/C11H12N2/c1-3-11-12-8(2)9-6-4-5-7-10(9)13-11/h4-7H,3H2,1-2H3. The van der Waals surface area contributed by atoms with E-state index in [0.29, 0.717) is 0 Å². The van der Waals surface area contributed by atoms with Gasteiger partial charge < -0.3 is 0 Å². The van der Waals surface area contributed by atoms with Crippen LogP contribution < -0.4 is 0 Å². The van der Waals surface area contributed by atoms with Crippen LogP contribution in [0, 0.1) is 6.92 Å². The Morgan fingerprint density at radius 3 is 2.69 bits per heavy atom. The van der Waals surface area contributed by atoms with Gasteiger partial charge in [0.05, 0.1) is 5.52 Å². The molecule has 1 aromatic heterocycles. The molecule has 0 saturated carbocycles. The van der Waals surface area contributed by atoms with E-state index >= 15 is 0 Å². The molecule has 13 heavy (non-hydrogen) atoms. The van der Waals surface area contributed by atoms with Crippen LogP contribution in [0.4, 0.5) is 0 Å². The quantitative estimate of drug-likeness (QED) is 0.660. The monoisotopic (exact) mass is 172 g/mol. The fraction of sp³-hybridized carbons (Fsp3) is 0.273. The third kappa shape index (κ3) is 1.39. The van der Waals surface area contributed by atoms with Gasteiger partial charge in [0.25, 0.3) is 0 Å². The van der Waals surface area contributed by atoms with Gasteiger partial charge in [-0.15, -0.1) is 0 Å². The lowest BCUT2D eigenvalue weighted by Gasteiger charge is -2.02. The van der Waals surface area contributed by atoms with Crippen LogP contribution in [0.5, 0.6) is 0 Å². The summed E-state index contributed by atoms with van der Waals surface area (Å²) < 4.78 is 0. The highest BCUT2D eigenvalue weighted by atomic mass is 14.9. The number of nitrogens with zero attached hydrogens (tertiary/aromatic N) is 2.